The van der Waals surface area contributed by atoms with Gasteiger partial charge in [-0.05, 0) is 36.8 Å². The SMILES string of the molecule is NC(C1CCCOC1)C1Cc2ccccc2S1. The topological polar surface area (TPSA) is 35.2 Å². The second-order valence-electron chi connectivity index (χ2n) is 5.02. The van der Waals surface area contributed by atoms with Crippen molar-refractivity contribution in [1.29, 1.82) is 0 Å². The van der Waals surface area contributed by atoms with Crippen LogP contribution in [0, 0.1) is 5.92 Å². The van der Waals surface area contributed by atoms with Crippen LogP contribution in [0.3, 0.4) is 0 Å². The number of benzene rings is 1. The fraction of sp³-hybridized carbons (Fsp3) is 0.571. The molecule has 17 heavy (non-hydrogen) atoms. The minimum Gasteiger partial charge on any atom is -0.381 e. The maximum absolute atomic E-state index is 6.43. The van der Waals surface area contributed by atoms with Gasteiger partial charge in [0.05, 0.1) is 6.61 Å². The van der Waals surface area contributed by atoms with Crippen molar-refractivity contribution in [2.24, 2.45) is 11.7 Å². The monoisotopic (exact) mass is 249 g/mol. The Bertz CT molecular complexity index is 365. The summed E-state index contributed by atoms with van der Waals surface area (Å²) < 4.78 is 5.55. The van der Waals surface area contributed by atoms with Gasteiger partial charge in [0.1, 0.15) is 0 Å². The van der Waals surface area contributed by atoms with Crippen LogP contribution in [0.5, 0.6) is 0 Å². The van der Waals surface area contributed by atoms with Crippen molar-refractivity contribution >= 4 is 11.8 Å². The summed E-state index contributed by atoms with van der Waals surface area (Å²) in [6.45, 7) is 1.77. The molecule has 0 saturated carbocycles. The number of thioether (sulfide) groups is 1. The lowest BCUT2D eigenvalue weighted by Gasteiger charge is -2.30. The number of hydrogen-bond donors (Lipinski definition) is 1. The first-order chi connectivity index (χ1) is 8.34. The van der Waals surface area contributed by atoms with Gasteiger partial charge in [-0.1, -0.05) is 18.2 Å². The van der Waals surface area contributed by atoms with E-state index in [2.05, 4.69) is 24.3 Å². The Labute approximate surface area is 107 Å². The zero-order valence-electron chi connectivity index (χ0n) is 9.97. The molecule has 2 heterocycles. The van der Waals surface area contributed by atoms with E-state index >= 15 is 0 Å². The largest absolute Gasteiger partial charge is 0.381 e. The zero-order chi connectivity index (χ0) is 11.7. The molecule has 1 aromatic rings. The Hall–Kier alpha value is -0.510. The number of nitrogens with two attached hydrogens (primary N) is 1. The van der Waals surface area contributed by atoms with E-state index in [0.717, 1.165) is 19.6 Å². The van der Waals surface area contributed by atoms with Crippen LogP contribution >= 0.6 is 11.8 Å². The van der Waals surface area contributed by atoms with Gasteiger partial charge in [0, 0.05) is 22.8 Å². The highest BCUT2D eigenvalue weighted by Gasteiger charge is 2.32. The molecule has 3 unspecified atom stereocenters. The van der Waals surface area contributed by atoms with E-state index in [9.17, 15) is 0 Å². The minimum absolute atomic E-state index is 0.271. The number of fused-ring (bicyclic) bond motifs is 1. The molecular formula is C14H19NOS. The average Bonchev–Trinajstić information content (AvgIpc) is 2.82. The summed E-state index contributed by atoms with van der Waals surface area (Å²) in [4.78, 5) is 1.42. The first-order valence-electron chi connectivity index (χ1n) is 6.42. The normalized spacial score (nSPS) is 29.9. The number of ether oxygens (including phenoxy) is 1. The number of rotatable bonds is 2. The van der Waals surface area contributed by atoms with Gasteiger partial charge >= 0.3 is 0 Å². The predicted molar refractivity (Wildman–Crippen MR) is 71.3 cm³/mol. The second kappa shape index (κ2) is 5.01. The Balaban J connectivity index is 1.67. The van der Waals surface area contributed by atoms with Gasteiger partial charge in [0.25, 0.3) is 0 Å². The Morgan fingerprint density at radius 3 is 3.00 bits per heavy atom. The molecule has 2 aliphatic heterocycles. The fourth-order valence-electron chi connectivity index (χ4n) is 2.80. The lowest BCUT2D eigenvalue weighted by atomic mass is 9.90. The van der Waals surface area contributed by atoms with Crippen LogP contribution < -0.4 is 5.73 Å². The molecule has 0 aromatic heterocycles. The van der Waals surface area contributed by atoms with Gasteiger partial charge < -0.3 is 10.5 Å². The molecule has 2 nitrogen and oxygen atoms in total. The van der Waals surface area contributed by atoms with E-state index in [1.165, 1.54) is 23.3 Å². The van der Waals surface area contributed by atoms with E-state index in [-0.39, 0.29) is 6.04 Å². The molecule has 3 atom stereocenters. The van der Waals surface area contributed by atoms with Crippen molar-refractivity contribution in [3.63, 3.8) is 0 Å². The fourth-order valence-corrected chi connectivity index (χ4v) is 4.22. The van der Waals surface area contributed by atoms with Crippen LogP contribution in [-0.2, 0) is 11.2 Å². The van der Waals surface area contributed by atoms with Gasteiger partial charge in [0.15, 0.2) is 0 Å². The van der Waals surface area contributed by atoms with Crippen molar-refractivity contribution in [2.75, 3.05) is 13.2 Å². The molecule has 3 heteroatoms. The average molecular weight is 249 g/mol. The van der Waals surface area contributed by atoms with Gasteiger partial charge in [-0.3, -0.25) is 0 Å². The highest BCUT2D eigenvalue weighted by atomic mass is 32.2. The molecule has 2 N–H and O–H groups in total. The molecule has 0 amide bonds. The molecular weight excluding hydrogens is 230 g/mol. The van der Waals surface area contributed by atoms with E-state index in [0.29, 0.717) is 11.2 Å². The Kier molecular flexibility index (Phi) is 3.41. The van der Waals surface area contributed by atoms with E-state index < -0.39 is 0 Å². The lowest BCUT2D eigenvalue weighted by molar-refractivity contribution is 0.0447. The minimum atomic E-state index is 0.271. The third-order valence-electron chi connectivity index (χ3n) is 3.84. The quantitative estimate of drug-likeness (QED) is 0.874. The summed E-state index contributed by atoms with van der Waals surface area (Å²) in [7, 11) is 0. The summed E-state index contributed by atoms with van der Waals surface area (Å²) in [6, 6.07) is 8.95. The third kappa shape index (κ3) is 2.37. The van der Waals surface area contributed by atoms with Gasteiger partial charge in [-0.25, -0.2) is 0 Å². The highest BCUT2D eigenvalue weighted by Crippen LogP contribution is 2.40. The molecule has 0 radical (unpaired) electrons. The predicted octanol–water partition coefficient (Wildman–Crippen LogP) is 2.46. The molecule has 1 saturated heterocycles. The van der Waals surface area contributed by atoms with Crippen molar-refractivity contribution < 1.29 is 4.74 Å². The smallest absolute Gasteiger partial charge is 0.0509 e. The molecule has 92 valence electrons. The molecule has 0 spiro atoms. The lowest BCUT2D eigenvalue weighted by Crippen LogP contribution is -2.43. The highest BCUT2D eigenvalue weighted by molar-refractivity contribution is 8.00. The summed E-state index contributed by atoms with van der Waals surface area (Å²) >= 11 is 1.96. The van der Waals surface area contributed by atoms with Gasteiger partial charge in [0.2, 0.25) is 0 Å². The van der Waals surface area contributed by atoms with Crippen LogP contribution in [0.25, 0.3) is 0 Å². The van der Waals surface area contributed by atoms with Gasteiger partial charge in [-0.15, -0.1) is 11.8 Å². The van der Waals surface area contributed by atoms with Crippen LogP contribution in [0.1, 0.15) is 18.4 Å². The molecule has 1 aromatic carbocycles. The molecule has 2 aliphatic rings. The summed E-state index contributed by atoms with van der Waals surface area (Å²) in [5.74, 6) is 0.551. The molecule has 0 aliphatic carbocycles. The van der Waals surface area contributed by atoms with E-state index in [1.54, 1.807) is 0 Å². The van der Waals surface area contributed by atoms with E-state index in [1.807, 2.05) is 11.8 Å². The van der Waals surface area contributed by atoms with Crippen LogP contribution in [0.4, 0.5) is 0 Å². The summed E-state index contributed by atoms with van der Waals surface area (Å²) in [5, 5.41) is 0.541. The third-order valence-corrected chi connectivity index (χ3v) is 5.28. The molecule has 0 bridgehead atoms. The first kappa shape index (κ1) is 11.6. The van der Waals surface area contributed by atoms with Crippen molar-refractivity contribution in [3.05, 3.63) is 29.8 Å². The molecule has 3 rings (SSSR count). The Morgan fingerprint density at radius 1 is 1.35 bits per heavy atom. The first-order valence-corrected chi connectivity index (χ1v) is 7.30. The van der Waals surface area contributed by atoms with Crippen molar-refractivity contribution in [2.45, 2.75) is 35.4 Å². The zero-order valence-corrected chi connectivity index (χ0v) is 10.8. The van der Waals surface area contributed by atoms with Gasteiger partial charge in [-0.2, -0.15) is 0 Å². The summed E-state index contributed by atoms with van der Waals surface area (Å²) in [6.07, 6.45) is 3.52. The second-order valence-corrected chi connectivity index (χ2v) is 6.30. The molecule has 1 fully saturated rings. The summed E-state index contributed by atoms with van der Waals surface area (Å²) in [5.41, 5.74) is 7.90. The van der Waals surface area contributed by atoms with Crippen LogP contribution in [0.15, 0.2) is 29.2 Å². The maximum Gasteiger partial charge on any atom is 0.0509 e. The maximum atomic E-state index is 6.43. The van der Waals surface area contributed by atoms with Crippen molar-refractivity contribution in [3.8, 4) is 0 Å². The van der Waals surface area contributed by atoms with Crippen LogP contribution in [-0.4, -0.2) is 24.5 Å². The van der Waals surface area contributed by atoms with E-state index in [4.69, 9.17) is 10.5 Å². The van der Waals surface area contributed by atoms with Crippen molar-refractivity contribution in [1.82, 2.24) is 0 Å². The standard InChI is InChI=1S/C14H19NOS/c15-14(11-5-3-7-16-9-11)13-8-10-4-1-2-6-12(10)17-13/h1-2,4,6,11,13-14H,3,5,7-9,15H2. The van der Waals surface area contributed by atoms with Crippen LogP contribution in [0.2, 0.25) is 0 Å². The Morgan fingerprint density at radius 2 is 2.24 bits per heavy atom. The number of hydrogen-bond acceptors (Lipinski definition) is 3.